The van der Waals surface area contributed by atoms with Crippen molar-refractivity contribution in [2.24, 2.45) is 13.0 Å². The van der Waals surface area contributed by atoms with E-state index in [2.05, 4.69) is 6.07 Å². The highest BCUT2D eigenvalue weighted by atomic mass is 16.2. The maximum atomic E-state index is 12.9. The predicted octanol–water partition coefficient (Wildman–Crippen LogP) is 2.71. The van der Waals surface area contributed by atoms with E-state index in [0.29, 0.717) is 11.1 Å². The monoisotopic (exact) mass is 295 g/mol. The number of aryl methyl sites for hydroxylation is 1. The van der Waals surface area contributed by atoms with Crippen LogP contribution in [0.5, 0.6) is 0 Å². The van der Waals surface area contributed by atoms with Crippen molar-refractivity contribution >= 4 is 22.7 Å². The van der Waals surface area contributed by atoms with Gasteiger partial charge in [0.2, 0.25) is 0 Å². The molecule has 112 valence electrons. The third kappa shape index (κ3) is 1.58. The maximum absolute atomic E-state index is 12.9. The molecule has 0 saturated carbocycles. The lowest BCUT2D eigenvalue weighted by Gasteiger charge is -2.34. The summed E-state index contributed by atoms with van der Waals surface area (Å²) in [6, 6.07) is 7.57. The van der Waals surface area contributed by atoms with Crippen LogP contribution in [-0.4, -0.2) is 26.8 Å². The molecule has 0 aliphatic carbocycles. The average Bonchev–Trinajstić information content (AvgIpc) is 2.98. The van der Waals surface area contributed by atoms with Crippen LogP contribution in [0.1, 0.15) is 41.5 Å². The standard InChI is InChI=1S/C17H17N3O2/c1-10(2)17(3,9-18)20-15(21)12-6-5-11-7-8-19(4)14(11)13(12)16(20)22/h5-8,10H,1-4H3. The first-order chi connectivity index (χ1) is 10.3. The van der Waals surface area contributed by atoms with Crippen LogP contribution in [0.15, 0.2) is 24.4 Å². The molecule has 3 rings (SSSR count). The van der Waals surface area contributed by atoms with Gasteiger partial charge in [0, 0.05) is 18.6 Å². The van der Waals surface area contributed by atoms with Crippen molar-refractivity contribution < 1.29 is 9.59 Å². The number of aromatic nitrogens is 1. The fraction of sp³-hybridized carbons (Fsp3) is 0.353. The summed E-state index contributed by atoms with van der Waals surface area (Å²) in [7, 11) is 1.84. The molecule has 1 aromatic heterocycles. The van der Waals surface area contributed by atoms with Gasteiger partial charge in [0.25, 0.3) is 11.8 Å². The Balaban J connectivity index is 2.28. The Bertz CT molecular complexity index is 857. The summed E-state index contributed by atoms with van der Waals surface area (Å²) in [4.78, 5) is 26.8. The van der Waals surface area contributed by atoms with Crippen molar-refractivity contribution in [3.63, 3.8) is 0 Å². The molecular weight excluding hydrogens is 278 g/mol. The molecule has 1 aliphatic rings. The third-order valence-corrected chi connectivity index (χ3v) is 4.71. The number of hydrogen-bond acceptors (Lipinski definition) is 3. The van der Waals surface area contributed by atoms with E-state index in [1.54, 1.807) is 13.0 Å². The largest absolute Gasteiger partial charge is 0.350 e. The minimum Gasteiger partial charge on any atom is -0.350 e. The molecule has 22 heavy (non-hydrogen) atoms. The third-order valence-electron chi connectivity index (χ3n) is 4.71. The zero-order valence-corrected chi connectivity index (χ0v) is 13.0. The molecule has 1 aromatic carbocycles. The van der Waals surface area contributed by atoms with Crippen LogP contribution in [0.4, 0.5) is 0 Å². The highest BCUT2D eigenvalue weighted by Crippen LogP contribution is 2.36. The first-order valence-electron chi connectivity index (χ1n) is 7.21. The summed E-state index contributed by atoms with van der Waals surface area (Å²) in [6.45, 7) is 5.32. The van der Waals surface area contributed by atoms with Gasteiger partial charge >= 0.3 is 0 Å². The van der Waals surface area contributed by atoms with E-state index in [0.717, 1.165) is 15.8 Å². The Morgan fingerprint density at radius 1 is 1.18 bits per heavy atom. The fourth-order valence-electron chi connectivity index (χ4n) is 2.97. The van der Waals surface area contributed by atoms with E-state index in [4.69, 9.17) is 0 Å². The Morgan fingerprint density at radius 2 is 1.86 bits per heavy atom. The van der Waals surface area contributed by atoms with E-state index >= 15 is 0 Å². The van der Waals surface area contributed by atoms with Crippen LogP contribution >= 0.6 is 0 Å². The number of carbonyl (C=O) groups excluding carboxylic acids is 2. The van der Waals surface area contributed by atoms with E-state index in [-0.39, 0.29) is 17.7 Å². The van der Waals surface area contributed by atoms with Gasteiger partial charge in [0.05, 0.1) is 22.7 Å². The molecule has 1 aliphatic heterocycles. The molecule has 0 radical (unpaired) electrons. The molecule has 0 fully saturated rings. The summed E-state index contributed by atoms with van der Waals surface area (Å²) in [6.07, 6.45) is 1.86. The van der Waals surface area contributed by atoms with Crippen molar-refractivity contribution in [3.05, 3.63) is 35.5 Å². The minimum atomic E-state index is -1.16. The second-order valence-corrected chi connectivity index (χ2v) is 6.21. The summed E-state index contributed by atoms with van der Waals surface area (Å²) >= 11 is 0. The van der Waals surface area contributed by atoms with E-state index in [1.807, 2.05) is 43.8 Å². The maximum Gasteiger partial charge on any atom is 0.265 e. The number of imide groups is 1. The van der Waals surface area contributed by atoms with Crippen LogP contribution < -0.4 is 0 Å². The lowest BCUT2D eigenvalue weighted by Crippen LogP contribution is -2.52. The van der Waals surface area contributed by atoms with Crippen molar-refractivity contribution in [1.29, 1.82) is 5.26 Å². The highest BCUT2D eigenvalue weighted by Gasteiger charge is 2.49. The van der Waals surface area contributed by atoms with Gasteiger partial charge in [-0.25, -0.2) is 0 Å². The van der Waals surface area contributed by atoms with Gasteiger partial charge in [-0.2, -0.15) is 5.26 Å². The Hall–Kier alpha value is -2.61. The predicted molar refractivity (Wildman–Crippen MR) is 82.3 cm³/mol. The van der Waals surface area contributed by atoms with Crippen molar-refractivity contribution in [2.75, 3.05) is 0 Å². The van der Waals surface area contributed by atoms with Crippen molar-refractivity contribution in [2.45, 2.75) is 26.3 Å². The molecule has 5 nitrogen and oxygen atoms in total. The van der Waals surface area contributed by atoms with Crippen LogP contribution in [0.3, 0.4) is 0 Å². The SMILES string of the molecule is CC(C)C(C)(C#N)N1C(=O)c2ccc3ccn(C)c3c2C1=O. The lowest BCUT2D eigenvalue weighted by molar-refractivity contribution is 0.0466. The van der Waals surface area contributed by atoms with E-state index < -0.39 is 5.54 Å². The number of nitrogens with zero attached hydrogens (tertiary/aromatic N) is 3. The first kappa shape index (κ1) is 14.3. The first-order valence-corrected chi connectivity index (χ1v) is 7.21. The summed E-state index contributed by atoms with van der Waals surface area (Å²) in [5.74, 6) is -0.936. The number of rotatable bonds is 2. The van der Waals surface area contributed by atoms with Gasteiger partial charge in [-0.3, -0.25) is 14.5 Å². The van der Waals surface area contributed by atoms with Crippen LogP contribution in [0.25, 0.3) is 10.9 Å². The number of nitriles is 1. The van der Waals surface area contributed by atoms with E-state index in [9.17, 15) is 14.9 Å². The van der Waals surface area contributed by atoms with E-state index in [1.165, 1.54) is 0 Å². The molecule has 1 atom stereocenters. The Morgan fingerprint density at radius 3 is 2.45 bits per heavy atom. The quantitative estimate of drug-likeness (QED) is 0.800. The van der Waals surface area contributed by atoms with Gasteiger partial charge < -0.3 is 4.57 Å². The Kier molecular flexibility index (Phi) is 2.89. The molecular formula is C17H17N3O2. The zero-order valence-electron chi connectivity index (χ0n) is 13.0. The fourth-order valence-corrected chi connectivity index (χ4v) is 2.97. The molecule has 2 heterocycles. The summed E-state index contributed by atoms with van der Waals surface area (Å²) in [5, 5.41) is 10.5. The number of hydrogen-bond donors (Lipinski definition) is 0. The summed E-state index contributed by atoms with van der Waals surface area (Å²) < 4.78 is 1.84. The highest BCUT2D eigenvalue weighted by molar-refractivity contribution is 6.26. The molecule has 5 heteroatoms. The van der Waals surface area contributed by atoms with Gasteiger partial charge in [0.15, 0.2) is 0 Å². The van der Waals surface area contributed by atoms with Crippen LogP contribution in [0, 0.1) is 17.2 Å². The van der Waals surface area contributed by atoms with Gasteiger partial charge in [-0.1, -0.05) is 19.9 Å². The molecule has 0 bridgehead atoms. The topological polar surface area (TPSA) is 66.1 Å². The average molecular weight is 295 g/mol. The number of amides is 2. The smallest absolute Gasteiger partial charge is 0.265 e. The zero-order chi connectivity index (χ0) is 16.2. The second-order valence-electron chi connectivity index (χ2n) is 6.21. The van der Waals surface area contributed by atoms with Gasteiger partial charge in [-0.05, 0) is 25.0 Å². The van der Waals surface area contributed by atoms with Crippen molar-refractivity contribution in [1.82, 2.24) is 9.47 Å². The lowest BCUT2D eigenvalue weighted by atomic mass is 9.88. The van der Waals surface area contributed by atoms with Crippen LogP contribution in [0.2, 0.25) is 0 Å². The second kappa shape index (κ2) is 4.44. The van der Waals surface area contributed by atoms with Crippen molar-refractivity contribution in [3.8, 4) is 6.07 Å². The number of carbonyl (C=O) groups is 2. The summed E-state index contributed by atoms with van der Waals surface area (Å²) in [5.41, 5.74) is 0.353. The molecule has 0 saturated heterocycles. The minimum absolute atomic E-state index is 0.163. The normalized spacial score (nSPS) is 17.0. The molecule has 1 unspecified atom stereocenters. The van der Waals surface area contributed by atoms with Gasteiger partial charge in [0.1, 0.15) is 5.54 Å². The molecule has 2 aromatic rings. The molecule has 0 N–H and O–H groups in total. The van der Waals surface area contributed by atoms with Gasteiger partial charge in [-0.15, -0.1) is 0 Å². The molecule has 2 amide bonds. The van der Waals surface area contributed by atoms with Crippen LogP contribution in [-0.2, 0) is 7.05 Å². The number of benzene rings is 1. The Labute approximate surface area is 128 Å². The number of fused-ring (bicyclic) bond motifs is 3. The molecule has 0 spiro atoms.